The van der Waals surface area contributed by atoms with Gasteiger partial charge in [0, 0.05) is 44.5 Å². The van der Waals surface area contributed by atoms with Crippen LogP contribution in [0.3, 0.4) is 0 Å². The van der Waals surface area contributed by atoms with Crippen molar-refractivity contribution in [3.8, 4) is 0 Å². The lowest BCUT2D eigenvalue weighted by atomic mass is 10.0. The number of pyridine rings is 1. The Morgan fingerprint density at radius 2 is 2.24 bits per heavy atom. The van der Waals surface area contributed by atoms with E-state index in [0.29, 0.717) is 24.5 Å². The second-order valence-corrected chi connectivity index (χ2v) is 7.01. The molecule has 1 atom stereocenters. The minimum atomic E-state index is -0.0106. The molecule has 7 heteroatoms. The van der Waals surface area contributed by atoms with Crippen molar-refractivity contribution in [2.24, 2.45) is 0 Å². The Labute approximate surface area is 148 Å². The zero-order valence-corrected chi connectivity index (χ0v) is 15.0. The molecule has 1 aromatic heterocycles. The highest BCUT2D eigenvalue weighted by Crippen LogP contribution is 2.21. The number of nitrogens with zero attached hydrogens (tertiary/aromatic N) is 3. The van der Waals surface area contributed by atoms with Gasteiger partial charge in [-0.2, -0.15) is 0 Å². The molecule has 3 rings (SSSR count). The molecule has 2 aliphatic rings. The molecule has 7 nitrogen and oxygen atoms in total. The van der Waals surface area contributed by atoms with Gasteiger partial charge in [-0.1, -0.05) is 0 Å². The summed E-state index contributed by atoms with van der Waals surface area (Å²) in [4.78, 5) is 33.3. The van der Waals surface area contributed by atoms with Crippen molar-refractivity contribution < 1.29 is 9.59 Å². The Morgan fingerprint density at radius 3 is 3.00 bits per heavy atom. The molecule has 2 amide bonds. The maximum Gasteiger partial charge on any atom is 0.257 e. The molecule has 2 N–H and O–H groups in total. The number of hydrogen-bond donors (Lipinski definition) is 2. The number of likely N-dealkylation sites (tertiary alicyclic amines) is 1. The smallest absolute Gasteiger partial charge is 0.257 e. The van der Waals surface area contributed by atoms with Gasteiger partial charge in [0.05, 0.1) is 12.1 Å². The quantitative estimate of drug-likeness (QED) is 0.849. The minimum Gasteiger partial charge on any atom is -0.367 e. The lowest BCUT2D eigenvalue weighted by Crippen LogP contribution is -2.57. The van der Waals surface area contributed by atoms with Gasteiger partial charge in [0.2, 0.25) is 5.91 Å². The number of aromatic nitrogens is 1. The third-order valence-corrected chi connectivity index (χ3v) is 4.71. The van der Waals surface area contributed by atoms with Gasteiger partial charge in [0.25, 0.3) is 5.91 Å². The van der Waals surface area contributed by atoms with Gasteiger partial charge in [-0.25, -0.2) is 4.98 Å². The van der Waals surface area contributed by atoms with Crippen LogP contribution in [0.4, 0.5) is 5.82 Å². The van der Waals surface area contributed by atoms with Crippen molar-refractivity contribution in [2.75, 3.05) is 38.0 Å². The SMILES string of the molecule is CC(C)Nc1ncccc1C(=O)N1CCCC(N2CCNCC2=O)C1. The van der Waals surface area contributed by atoms with E-state index in [2.05, 4.69) is 15.6 Å². The third-order valence-electron chi connectivity index (χ3n) is 4.71. The van der Waals surface area contributed by atoms with Crippen LogP contribution in [0.2, 0.25) is 0 Å². The van der Waals surface area contributed by atoms with Crippen molar-refractivity contribution in [1.82, 2.24) is 20.1 Å². The number of amides is 2. The van der Waals surface area contributed by atoms with E-state index in [4.69, 9.17) is 0 Å². The molecule has 2 saturated heterocycles. The molecule has 1 aromatic rings. The average Bonchev–Trinajstić information content (AvgIpc) is 2.62. The zero-order valence-electron chi connectivity index (χ0n) is 15.0. The molecule has 2 fully saturated rings. The molecule has 0 radical (unpaired) electrons. The average molecular weight is 345 g/mol. The first-order valence-corrected chi connectivity index (χ1v) is 9.07. The number of anilines is 1. The summed E-state index contributed by atoms with van der Waals surface area (Å²) in [6.07, 6.45) is 3.57. The standard InChI is InChI=1S/C18H27N5O2/c1-13(2)21-17-15(6-3-7-20-17)18(25)22-9-4-5-14(12-22)23-10-8-19-11-16(23)24/h3,6-7,13-14,19H,4-5,8-12H2,1-2H3,(H,20,21). The van der Waals surface area contributed by atoms with E-state index < -0.39 is 0 Å². The molecule has 25 heavy (non-hydrogen) atoms. The molecule has 0 aliphatic carbocycles. The number of carbonyl (C=O) groups excluding carboxylic acids is 2. The first-order valence-electron chi connectivity index (χ1n) is 9.07. The molecular weight excluding hydrogens is 318 g/mol. The number of piperazine rings is 1. The lowest BCUT2D eigenvalue weighted by molar-refractivity contribution is -0.135. The van der Waals surface area contributed by atoms with Gasteiger partial charge in [-0.3, -0.25) is 9.59 Å². The highest BCUT2D eigenvalue weighted by atomic mass is 16.2. The second kappa shape index (κ2) is 7.82. The van der Waals surface area contributed by atoms with Crippen LogP contribution in [-0.4, -0.2) is 71.4 Å². The Kier molecular flexibility index (Phi) is 5.53. The number of piperidine rings is 1. The van der Waals surface area contributed by atoms with Crippen LogP contribution in [0.15, 0.2) is 18.3 Å². The van der Waals surface area contributed by atoms with Crippen LogP contribution in [0.1, 0.15) is 37.0 Å². The number of rotatable bonds is 4. The van der Waals surface area contributed by atoms with E-state index in [1.807, 2.05) is 29.7 Å². The maximum absolute atomic E-state index is 13.0. The highest BCUT2D eigenvalue weighted by molar-refractivity contribution is 5.98. The fourth-order valence-corrected chi connectivity index (χ4v) is 3.54. The maximum atomic E-state index is 13.0. The zero-order chi connectivity index (χ0) is 17.8. The normalized spacial score (nSPS) is 21.6. The topological polar surface area (TPSA) is 77.6 Å². The monoisotopic (exact) mass is 345 g/mol. The van der Waals surface area contributed by atoms with Gasteiger partial charge in [0.1, 0.15) is 5.82 Å². The molecular formula is C18H27N5O2. The minimum absolute atomic E-state index is 0.0106. The summed E-state index contributed by atoms with van der Waals surface area (Å²) < 4.78 is 0. The summed E-state index contributed by atoms with van der Waals surface area (Å²) in [5, 5.41) is 6.34. The number of nitrogens with one attached hydrogen (secondary N) is 2. The van der Waals surface area contributed by atoms with Gasteiger partial charge in [0.15, 0.2) is 0 Å². The summed E-state index contributed by atoms with van der Waals surface area (Å²) >= 11 is 0. The van der Waals surface area contributed by atoms with Crippen LogP contribution in [0.25, 0.3) is 0 Å². The molecule has 0 aromatic carbocycles. The van der Waals surface area contributed by atoms with Crippen molar-refractivity contribution in [2.45, 2.75) is 38.8 Å². The second-order valence-electron chi connectivity index (χ2n) is 7.01. The van der Waals surface area contributed by atoms with E-state index >= 15 is 0 Å². The van der Waals surface area contributed by atoms with Gasteiger partial charge >= 0.3 is 0 Å². The Hall–Kier alpha value is -2.15. The molecule has 1 unspecified atom stereocenters. The Balaban J connectivity index is 1.73. The van der Waals surface area contributed by atoms with Crippen molar-refractivity contribution in [1.29, 1.82) is 0 Å². The Bertz CT molecular complexity index is 634. The van der Waals surface area contributed by atoms with Crippen LogP contribution >= 0.6 is 0 Å². The van der Waals surface area contributed by atoms with Crippen LogP contribution in [0, 0.1) is 0 Å². The summed E-state index contributed by atoms with van der Waals surface area (Å²) in [6, 6.07) is 3.93. The van der Waals surface area contributed by atoms with E-state index in [9.17, 15) is 9.59 Å². The van der Waals surface area contributed by atoms with Crippen LogP contribution in [0.5, 0.6) is 0 Å². The molecule has 2 aliphatic heterocycles. The first-order chi connectivity index (χ1) is 12.1. The van der Waals surface area contributed by atoms with Gasteiger partial charge < -0.3 is 20.4 Å². The van der Waals surface area contributed by atoms with E-state index in [1.54, 1.807) is 12.3 Å². The van der Waals surface area contributed by atoms with Crippen molar-refractivity contribution in [3.05, 3.63) is 23.9 Å². The number of hydrogen-bond acceptors (Lipinski definition) is 5. The van der Waals surface area contributed by atoms with Crippen molar-refractivity contribution >= 4 is 17.6 Å². The fraction of sp³-hybridized carbons (Fsp3) is 0.611. The van der Waals surface area contributed by atoms with Crippen LogP contribution in [-0.2, 0) is 4.79 Å². The van der Waals surface area contributed by atoms with E-state index in [-0.39, 0.29) is 23.9 Å². The van der Waals surface area contributed by atoms with Gasteiger partial charge in [-0.05, 0) is 38.8 Å². The third kappa shape index (κ3) is 4.10. The van der Waals surface area contributed by atoms with Crippen molar-refractivity contribution in [3.63, 3.8) is 0 Å². The summed E-state index contributed by atoms with van der Waals surface area (Å²) in [6.45, 7) is 7.31. The fourth-order valence-electron chi connectivity index (χ4n) is 3.54. The number of carbonyl (C=O) groups is 2. The largest absolute Gasteiger partial charge is 0.367 e. The predicted octanol–water partition coefficient (Wildman–Crippen LogP) is 0.938. The van der Waals surface area contributed by atoms with E-state index in [1.165, 1.54) is 0 Å². The first kappa shape index (κ1) is 17.7. The summed E-state index contributed by atoms with van der Waals surface area (Å²) in [5.74, 6) is 0.750. The highest BCUT2D eigenvalue weighted by Gasteiger charge is 2.32. The molecule has 3 heterocycles. The lowest BCUT2D eigenvalue weighted by Gasteiger charge is -2.41. The Morgan fingerprint density at radius 1 is 1.40 bits per heavy atom. The molecule has 0 bridgehead atoms. The van der Waals surface area contributed by atoms with Gasteiger partial charge in [-0.15, -0.1) is 0 Å². The molecule has 0 spiro atoms. The molecule has 136 valence electrons. The summed E-state index contributed by atoms with van der Waals surface area (Å²) in [7, 11) is 0. The van der Waals surface area contributed by atoms with E-state index in [0.717, 1.165) is 32.5 Å². The predicted molar refractivity (Wildman–Crippen MR) is 96.5 cm³/mol. The molecule has 0 saturated carbocycles. The van der Waals surface area contributed by atoms with Crippen LogP contribution < -0.4 is 10.6 Å². The summed E-state index contributed by atoms with van der Waals surface area (Å²) in [5.41, 5.74) is 0.600.